The second-order valence-electron chi connectivity index (χ2n) is 7.97. The molecule has 31 heavy (non-hydrogen) atoms. The van der Waals surface area contributed by atoms with Crippen LogP contribution in [0, 0.1) is 17.6 Å². The lowest BCUT2D eigenvalue weighted by atomic mass is 10.1. The van der Waals surface area contributed by atoms with Gasteiger partial charge in [0.15, 0.2) is 17.6 Å². The summed E-state index contributed by atoms with van der Waals surface area (Å²) in [5.74, 6) is -0.604. The summed E-state index contributed by atoms with van der Waals surface area (Å²) in [6.45, 7) is 3.73. The number of halogens is 2. The fraction of sp³-hybridized carbons (Fsp3) is 0.476. The van der Waals surface area contributed by atoms with Crippen LogP contribution in [0.3, 0.4) is 0 Å². The third-order valence-electron chi connectivity index (χ3n) is 5.84. The van der Waals surface area contributed by atoms with Gasteiger partial charge in [0.2, 0.25) is 5.91 Å². The number of aryl methyl sites for hydroxylation is 1. The Hall–Kier alpha value is -3.17. The predicted molar refractivity (Wildman–Crippen MR) is 115 cm³/mol. The van der Waals surface area contributed by atoms with E-state index >= 15 is 0 Å². The molecule has 3 heterocycles. The van der Waals surface area contributed by atoms with Crippen molar-refractivity contribution in [2.45, 2.75) is 6.42 Å². The average Bonchev–Trinajstić information content (AvgIpc) is 3.40. The molecular weight excluding hydrogens is 404 g/mol. The lowest BCUT2D eigenvalue weighted by molar-refractivity contribution is -0.120. The highest BCUT2D eigenvalue weighted by molar-refractivity contribution is 5.98. The van der Waals surface area contributed by atoms with Crippen LogP contribution in [-0.4, -0.2) is 72.9 Å². The number of piperazine rings is 1. The van der Waals surface area contributed by atoms with E-state index in [0.717, 1.165) is 25.2 Å². The Labute approximate surface area is 180 Å². The van der Waals surface area contributed by atoms with Crippen molar-refractivity contribution in [1.82, 2.24) is 20.0 Å². The van der Waals surface area contributed by atoms with E-state index in [-0.39, 0.29) is 12.5 Å². The average molecular weight is 431 g/mol. The maximum Gasteiger partial charge on any atom is 0.246 e. The molecule has 1 atom stereocenters. The summed E-state index contributed by atoms with van der Waals surface area (Å²) in [6, 6.07) is 4.03. The largest absolute Gasteiger partial charge is 0.371 e. The Kier molecular flexibility index (Phi) is 6.06. The van der Waals surface area contributed by atoms with Crippen molar-refractivity contribution in [3.8, 4) is 0 Å². The molecular formula is C21H27F2N7O. The first-order chi connectivity index (χ1) is 14.9. The zero-order valence-electron chi connectivity index (χ0n) is 17.8. The molecule has 1 N–H and O–H groups in total. The second kappa shape index (κ2) is 8.91. The monoisotopic (exact) mass is 431 g/mol. The van der Waals surface area contributed by atoms with Crippen LogP contribution in [-0.2, 0) is 11.8 Å². The lowest BCUT2D eigenvalue weighted by Gasteiger charge is -2.35. The molecule has 1 aromatic heterocycles. The van der Waals surface area contributed by atoms with Gasteiger partial charge < -0.3 is 20.0 Å². The number of carbonyl (C=O) groups is 1. The summed E-state index contributed by atoms with van der Waals surface area (Å²) >= 11 is 0. The number of anilines is 2. The Morgan fingerprint density at radius 2 is 2.06 bits per heavy atom. The summed E-state index contributed by atoms with van der Waals surface area (Å²) < 4.78 is 28.4. The molecule has 2 fully saturated rings. The maximum absolute atomic E-state index is 13.5. The number of hydrogen-bond acceptors (Lipinski definition) is 4. The quantitative estimate of drug-likeness (QED) is 0.586. The number of rotatable bonds is 4. The minimum Gasteiger partial charge on any atom is -0.371 e. The zero-order valence-corrected chi connectivity index (χ0v) is 17.8. The number of carbonyl (C=O) groups excluding carboxylic acids is 1. The number of hydrogen-bond donors (Lipinski definition) is 1. The molecule has 8 nitrogen and oxygen atoms in total. The lowest BCUT2D eigenvalue weighted by Crippen LogP contribution is -2.55. The molecule has 1 amide bonds. The highest BCUT2D eigenvalue weighted by Gasteiger charge is 2.29. The Bertz CT molecular complexity index is 976. The molecule has 0 aliphatic carbocycles. The predicted octanol–water partition coefficient (Wildman–Crippen LogP) is 1.45. The van der Waals surface area contributed by atoms with Crippen LogP contribution in [0.4, 0.5) is 20.2 Å². The number of nitrogens with zero attached hydrogens (tertiary/aromatic N) is 6. The Morgan fingerprint density at radius 3 is 2.74 bits per heavy atom. The van der Waals surface area contributed by atoms with Gasteiger partial charge in [0.25, 0.3) is 0 Å². The molecule has 2 aliphatic rings. The maximum atomic E-state index is 13.5. The van der Waals surface area contributed by atoms with Crippen molar-refractivity contribution in [3.63, 3.8) is 0 Å². The summed E-state index contributed by atoms with van der Waals surface area (Å²) in [7, 11) is 3.54. The molecule has 166 valence electrons. The van der Waals surface area contributed by atoms with Crippen molar-refractivity contribution < 1.29 is 13.6 Å². The smallest absolute Gasteiger partial charge is 0.246 e. The van der Waals surface area contributed by atoms with Crippen LogP contribution in [0.1, 0.15) is 6.42 Å². The fourth-order valence-electron chi connectivity index (χ4n) is 4.16. The van der Waals surface area contributed by atoms with Crippen LogP contribution in [0.5, 0.6) is 0 Å². The van der Waals surface area contributed by atoms with E-state index < -0.39 is 11.6 Å². The molecule has 0 radical (unpaired) electrons. The Morgan fingerprint density at radius 1 is 1.23 bits per heavy atom. The van der Waals surface area contributed by atoms with Gasteiger partial charge in [-0.25, -0.2) is 8.78 Å². The minimum absolute atomic E-state index is 0.00702. The van der Waals surface area contributed by atoms with E-state index in [1.54, 1.807) is 28.9 Å². The number of amides is 1. The third-order valence-corrected chi connectivity index (χ3v) is 5.84. The minimum atomic E-state index is -0.830. The van der Waals surface area contributed by atoms with E-state index in [1.165, 1.54) is 12.1 Å². The molecule has 2 saturated heterocycles. The van der Waals surface area contributed by atoms with Crippen molar-refractivity contribution in [1.29, 1.82) is 0 Å². The first kappa shape index (κ1) is 21.1. The number of guanidine groups is 1. The number of benzene rings is 1. The van der Waals surface area contributed by atoms with Crippen molar-refractivity contribution in [2.75, 3.05) is 56.1 Å². The summed E-state index contributed by atoms with van der Waals surface area (Å²) in [6.07, 6.45) is 4.47. The highest BCUT2D eigenvalue weighted by Crippen LogP contribution is 2.25. The number of nitrogens with one attached hydrogen (secondary N) is 1. The standard InChI is InChI=1S/C21H27F2N7O/c1-24-21(29-7-8-30(20(31)14-29)17-11-26-27(2)13-17)25-10-15-5-6-28(12-15)16-3-4-18(22)19(23)9-16/h3-4,9,11,13,15H,5-8,10,12,14H2,1-2H3,(H,24,25). The number of aliphatic imine (C=N–C) groups is 1. The number of aromatic nitrogens is 2. The fourth-order valence-corrected chi connectivity index (χ4v) is 4.16. The van der Waals surface area contributed by atoms with Crippen LogP contribution < -0.4 is 15.1 Å². The molecule has 0 spiro atoms. The van der Waals surface area contributed by atoms with Gasteiger partial charge in [0.1, 0.15) is 6.54 Å². The van der Waals surface area contributed by atoms with E-state index in [4.69, 9.17) is 0 Å². The molecule has 2 aliphatic heterocycles. The van der Waals surface area contributed by atoms with Gasteiger partial charge >= 0.3 is 0 Å². The molecule has 1 unspecified atom stereocenters. The first-order valence-corrected chi connectivity index (χ1v) is 10.4. The molecule has 4 rings (SSSR count). The molecule has 10 heteroatoms. The summed E-state index contributed by atoms with van der Waals surface area (Å²) in [4.78, 5) is 22.8. The third kappa shape index (κ3) is 4.62. The molecule has 1 aromatic carbocycles. The summed E-state index contributed by atoms with van der Waals surface area (Å²) in [5.41, 5.74) is 1.50. The topological polar surface area (TPSA) is 69.0 Å². The van der Waals surface area contributed by atoms with Gasteiger partial charge in [-0.1, -0.05) is 0 Å². The normalized spacial score (nSPS) is 20.0. The molecule has 0 bridgehead atoms. The van der Waals surface area contributed by atoms with E-state index in [1.807, 2.05) is 18.1 Å². The van der Waals surface area contributed by atoms with Crippen LogP contribution >= 0.6 is 0 Å². The first-order valence-electron chi connectivity index (χ1n) is 10.4. The van der Waals surface area contributed by atoms with Gasteiger partial charge in [-0.15, -0.1) is 0 Å². The van der Waals surface area contributed by atoms with Gasteiger partial charge in [0, 0.05) is 64.8 Å². The highest BCUT2D eigenvalue weighted by atomic mass is 19.2. The van der Waals surface area contributed by atoms with Crippen molar-refractivity contribution in [3.05, 3.63) is 42.2 Å². The molecule has 0 saturated carbocycles. The van der Waals surface area contributed by atoms with Gasteiger partial charge in [0.05, 0.1) is 11.9 Å². The van der Waals surface area contributed by atoms with Crippen molar-refractivity contribution >= 4 is 23.2 Å². The zero-order chi connectivity index (χ0) is 22.0. The van der Waals surface area contributed by atoms with E-state index in [0.29, 0.717) is 37.2 Å². The van der Waals surface area contributed by atoms with Crippen molar-refractivity contribution in [2.24, 2.45) is 18.0 Å². The van der Waals surface area contributed by atoms with E-state index in [2.05, 4.69) is 20.3 Å². The van der Waals surface area contributed by atoms with Gasteiger partial charge in [-0.2, -0.15) is 5.10 Å². The van der Waals surface area contributed by atoms with Crippen LogP contribution in [0.15, 0.2) is 35.6 Å². The second-order valence-corrected chi connectivity index (χ2v) is 7.97. The Balaban J connectivity index is 1.29. The van der Waals surface area contributed by atoms with Gasteiger partial charge in [-0.3, -0.25) is 14.5 Å². The SMILES string of the molecule is CN=C(NCC1CCN(c2ccc(F)c(F)c2)C1)N1CCN(c2cnn(C)c2)C(=O)C1. The van der Waals surface area contributed by atoms with Crippen LogP contribution in [0.2, 0.25) is 0 Å². The summed E-state index contributed by atoms with van der Waals surface area (Å²) in [5, 5.41) is 7.52. The van der Waals surface area contributed by atoms with Crippen LogP contribution in [0.25, 0.3) is 0 Å². The van der Waals surface area contributed by atoms with E-state index in [9.17, 15) is 13.6 Å². The molecule has 2 aromatic rings. The van der Waals surface area contributed by atoms with Gasteiger partial charge in [-0.05, 0) is 24.5 Å².